The lowest BCUT2D eigenvalue weighted by Crippen LogP contribution is -2.58. The molecule has 0 aliphatic heterocycles. The van der Waals surface area contributed by atoms with Gasteiger partial charge in [-0.3, -0.25) is 14.4 Å². The van der Waals surface area contributed by atoms with E-state index >= 15 is 0 Å². The SMILES string of the molecule is COC(=O)/C=C/C(=O)NC[C@H](NC(=O)[C@H](N)CCSC)C(=O)N[C@H](CCSC)C(=O)O. The summed E-state index contributed by atoms with van der Waals surface area (Å²) in [6.07, 6.45) is 6.02. The highest BCUT2D eigenvalue weighted by Crippen LogP contribution is 2.03. The number of aliphatic carboxylic acids is 1. The number of rotatable bonds is 15. The predicted molar refractivity (Wildman–Crippen MR) is 120 cm³/mol. The fourth-order valence-corrected chi connectivity index (χ4v) is 3.06. The monoisotopic (exact) mass is 478 g/mol. The molecule has 0 fully saturated rings. The Labute approximate surface area is 189 Å². The van der Waals surface area contributed by atoms with Crippen molar-refractivity contribution < 1.29 is 33.8 Å². The maximum atomic E-state index is 12.6. The molecular weight excluding hydrogens is 448 g/mol. The molecule has 0 aliphatic rings. The lowest BCUT2D eigenvalue weighted by molar-refractivity contribution is -0.142. The van der Waals surface area contributed by atoms with Crippen molar-refractivity contribution in [3.8, 4) is 0 Å². The van der Waals surface area contributed by atoms with Crippen LogP contribution in [0.25, 0.3) is 0 Å². The number of nitrogens with two attached hydrogens (primary N) is 1. The highest BCUT2D eigenvalue weighted by Gasteiger charge is 2.28. The summed E-state index contributed by atoms with van der Waals surface area (Å²) in [6.45, 7) is -0.341. The number of carbonyl (C=O) groups excluding carboxylic acids is 4. The van der Waals surface area contributed by atoms with Gasteiger partial charge in [0.05, 0.1) is 13.2 Å². The summed E-state index contributed by atoms with van der Waals surface area (Å²) in [5.41, 5.74) is 5.82. The molecule has 11 nitrogen and oxygen atoms in total. The number of amides is 3. The number of methoxy groups -OCH3 is 1. The van der Waals surface area contributed by atoms with Gasteiger partial charge in [0.25, 0.3) is 0 Å². The van der Waals surface area contributed by atoms with Crippen LogP contribution in [-0.2, 0) is 28.7 Å². The van der Waals surface area contributed by atoms with Crippen molar-refractivity contribution in [1.29, 1.82) is 0 Å². The zero-order valence-corrected chi connectivity index (χ0v) is 19.3. The van der Waals surface area contributed by atoms with Gasteiger partial charge >= 0.3 is 11.9 Å². The Morgan fingerprint density at radius 3 is 2.10 bits per heavy atom. The average molecular weight is 479 g/mol. The second-order valence-electron chi connectivity index (χ2n) is 6.23. The van der Waals surface area contributed by atoms with Crippen LogP contribution in [0.15, 0.2) is 12.2 Å². The number of hydrogen-bond acceptors (Lipinski definition) is 9. The van der Waals surface area contributed by atoms with Crippen LogP contribution in [-0.4, -0.2) is 90.6 Å². The van der Waals surface area contributed by atoms with Gasteiger partial charge in [-0.2, -0.15) is 23.5 Å². The van der Waals surface area contributed by atoms with Gasteiger partial charge in [0.15, 0.2) is 0 Å². The van der Waals surface area contributed by atoms with E-state index < -0.39 is 47.8 Å². The predicted octanol–water partition coefficient (Wildman–Crippen LogP) is -1.28. The van der Waals surface area contributed by atoms with E-state index in [1.54, 1.807) is 6.26 Å². The Hall–Kier alpha value is -2.25. The number of carboxylic acids is 1. The third-order valence-electron chi connectivity index (χ3n) is 3.88. The molecular formula is C18H30N4O7S2. The first kappa shape index (κ1) is 28.8. The molecule has 0 heterocycles. The summed E-state index contributed by atoms with van der Waals surface area (Å²) in [4.78, 5) is 59.3. The summed E-state index contributed by atoms with van der Waals surface area (Å²) in [7, 11) is 1.15. The van der Waals surface area contributed by atoms with Gasteiger partial charge in [0.1, 0.15) is 12.1 Å². The molecule has 0 bridgehead atoms. The van der Waals surface area contributed by atoms with Crippen molar-refractivity contribution in [1.82, 2.24) is 16.0 Å². The van der Waals surface area contributed by atoms with Gasteiger partial charge in [0, 0.05) is 18.7 Å². The summed E-state index contributed by atoms with van der Waals surface area (Å²) >= 11 is 2.93. The van der Waals surface area contributed by atoms with Crippen molar-refractivity contribution >= 4 is 53.2 Å². The van der Waals surface area contributed by atoms with Crippen LogP contribution in [0.2, 0.25) is 0 Å². The first-order chi connectivity index (χ1) is 14.7. The van der Waals surface area contributed by atoms with Crippen molar-refractivity contribution in [2.45, 2.75) is 31.0 Å². The molecule has 176 valence electrons. The number of nitrogens with one attached hydrogen (secondary N) is 3. The maximum absolute atomic E-state index is 12.6. The van der Waals surface area contributed by atoms with Gasteiger partial charge in [0.2, 0.25) is 17.7 Å². The average Bonchev–Trinajstić information content (AvgIpc) is 2.75. The molecule has 0 saturated carbocycles. The lowest BCUT2D eigenvalue weighted by Gasteiger charge is -2.23. The Bertz CT molecular complexity index is 661. The maximum Gasteiger partial charge on any atom is 0.330 e. The van der Waals surface area contributed by atoms with E-state index in [1.165, 1.54) is 23.5 Å². The van der Waals surface area contributed by atoms with Crippen molar-refractivity contribution in [2.75, 3.05) is 37.7 Å². The second-order valence-corrected chi connectivity index (χ2v) is 8.20. The number of thioether (sulfide) groups is 2. The highest BCUT2D eigenvalue weighted by molar-refractivity contribution is 7.98. The number of hydrogen-bond donors (Lipinski definition) is 5. The molecule has 0 aromatic rings. The lowest BCUT2D eigenvalue weighted by atomic mass is 10.1. The minimum absolute atomic E-state index is 0.185. The molecule has 3 atom stereocenters. The third kappa shape index (κ3) is 12.9. The molecule has 13 heteroatoms. The van der Waals surface area contributed by atoms with Crippen LogP contribution in [0.5, 0.6) is 0 Å². The summed E-state index contributed by atoms with van der Waals surface area (Å²) in [5.74, 6) is -2.91. The zero-order valence-electron chi connectivity index (χ0n) is 17.7. The largest absolute Gasteiger partial charge is 0.480 e. The van der Waals surface area contributed by atoms with Gasteiger partial charge in [-0.25, -0.2) is 9.59 Å². The van der Waals surface area contributed by atoms with Crippen LogP contribution >= 0.6 is 23.5 Å². The smallest absolute Gasteiger partial charge is 0.330 e. The molecule has 3 amide bonds. The van der Waals surface area contributed by atoms with Crippen molar-refractivity contribution in [3.63, 3.8) is 0 Å². The fraction of sp³-hybridized carbons (Fsp3) is 0.611. The zero-order chi connectivity index (χ0) is 23.8. The summed E-state index contributed by atoms with van der Waals surface area (Å²) in [6, 6.07) is -3.29. The topological polar surface area (TPSA) is 177 Å². The third-order valence-corrected chi connectivity index (χ3v) is 5.17. The number of carbonyl (C=O) groups is 5. The van der Waals surface area contributed by atoms with Crippen LogP contribution in [0.3, 0.4) is 0 Å². The molecule has 6 N–H and O–H groups in total. The molecule has 0 aromatic heterocycles. The van der Waals surface area contributed by atoms with Crippen LogP contribution < -0.4 is 21.7 Å². The first-order valence-corrected chi connectivity index (χ1v) is 12.1. The molecule has 0 aromatic carbocycles. The molecule has 0 saturated heterocycles. The normalized spacial score (nSPS) is 13.7. The summed E-state index contributed by atoms with van der Waals surface area (Å²) < 4.78 is 4.37. The van der Waals surface area contributed by atoms with E-state index in [0.717, 1.165) is 19.3 Å². The number of ether oxygens (including phenoxy) is 1. The van der Waals surface area contributed by atoms with Crippen LogP contribution in [0.4, 0.5) is 0 Å². The van der Waals surface area contributed by atoms with Gasteiger partial charge in [-0.15, -0.1) is 0 Å². The fourth-order valence-electron chi connectivity index (χ4n) is 2.10. The van der Waals surface area contributed by atoms with Gasteiger partial charge in [-0.05, 0) is 36.9 Å². The Kier molecular flexibility index (Phi) is 15.3. The summed E-state index contributed by atoms with van der Waals surface area (Å²) in [5, 5.41) is 16.5. The molecule has 0 aliphatic carbocycles. The molecule has 0 unspecified atom stereocenters. The van der Waals surface area contributed by atoms with E-state index in [0.29, 0.717) is 17.9 Å². The number of esters is 1. The standard InChI is InChI=1S/C18H30N4O7S2/c1-29-15(24)5-4-14(23)20-10-13(22-16(25)11(19)6-8-30-2)17(26)21-12(18(27)28)7-9-31-3/h4-5,11-13H,6-10,19H2,1-3H3,(H,20,23)(H,21,26)(H,22,25)(H,27,28)/b5-4+/t11-,12-,13+/m1/s1. The molecule has 0 radical (unpaired) electrons. The highest BCUT2D eigenvalue weighted by atomic mass is 32.2. The van der Waals surface area contributed by atoms with E-state index in [9.17, 15) is 29.1 Å². The van der Waals surface area contributed by atoms with E-state index in [-0.39, 0.29) is 13.0 Å². The number of carboxylic acid groups (broad SMARTS) is 1. The Balaban J connectivity index is 5.22. The molecule has 31 heavy (non-hydrogen) atoms. The molecule has 0 spiro atoms. The minimum Gasteiger partial charge on any atom is -0.480 e. The Morgan fingerprint density at radius 2 is 1.55 bits per heavy atom. The minimum atomic E-state index is -1.26. The van der Waals surface area contributed by atoms with E-state index in [2.05, 4.69) is 20.7 Å². The van der Waals surface area contributed by atoms with Gasteiger partial charge < -0.3 is 31.5 Å². The van der Waals surface area contributed by atoms with E-state index in [1.807, 2.05) is 6.26 Å². The first-order valence-electron chi connectivity index (χ1n) is 9.27. The Morgan fingerprint density at radius 1 is 0.968 bits per heavy atom. The van der Waals surface area contributed by atoms with E-state index in [4.69, 9.17) is 5.73 Å². The second kappa shape index (κ2) is 16.4. The van der Waals surface area contributed by atoms with Crippen molar-refractivity contribution in [2.24, 2.45) is 5.73 Å². The van der Waals surface area contributed by atoms with Crippen molar-refractivity contribution in [3.05, 3.63) is 12.2 Å². The quantitative estimate of drug-likeness (QED) is 0.141. The van der Waals surface area contributed by atoms with Crippen LogP contribution in [0.1, 0.15) is 12.8 Å². The molecule has 0 rings (SSSR count). The van der Waals surface area contributed by atoms with Crippen LogP contribution in [0, 0.1) is 0 Å². The van der Waals surface area contributed by atoms with Gasteiger partial charge in [-0.1, -0.05) is 0 Å².